The first kappa shape index (κ1) is 93.7. The summed E-state index contributed by atoms with van der Waals surface area (Å²) in [5.41, 5.74) is 8.73. The lowest BCUT2D eigenvalue weighted by Gasteiger charge is -2.25. The average Bonchev–Trinajstić information content (AvgIpc) is 0.725. The maximum atomic E-state index is 13.5. The summed E-state index contributed by atoms with van der Waals surface area (Å²) in [5, 5.41) is 19.0. The first-order valence-electron chi connectivity index (χ1n) is 37.7. The zero-order valence-electron chi connectivity index (χ0n) is 67.2. The number of halogens is 8. The van der Waals surface area contributed by atoms with Gasteiger partial charge in [-0.15, -0.1) is 6.42 Å². The van der Waals surface area contributed by atoms with Gasteiger partial charge in [-0.3, -0.25) is 19.4 Å². The van der Waals surface area contributed by atoms with E-state index in [2.05, 4.69) is 92.0 Å². The van der Waals surface area contributed by atoms with Gasteiger partial charge in [0.25, 0.3) is 0 Å². The van der Waals surface area contributed by atoms with Gasteiger partial charge >= 0.3 is 0 Å². The molecular weight excluding hydrogens is 1680 g/mol. The second kappa shape index (κ2) is 46.0. The minimum absolute atomic E-state index is 0.00657. The van der Waals surface area contributed by atoms with Crippen molar-refractivity contribution in [2.45, 2.75) is 39.4 Å². The van der Waals surface area contributed by atoms with Gasteiger partial charge in [-0.1, -0.05) is 66.1 Å². The van der Waals surface area contributed by atoms with Crippen molar-refractivity contribution >= 4 is 175 Å². The number of benzene rings is 8. The van der Waals surface area contributed by atoms with Gasteiger partial charge < -0.3 is 64.8 Å². The Labute approximate surface area is 722 Å². The van der Waals surface area contributed by atoms with E-state index in [1.165, 1.54) is 85.7 Å². The van der Waals surface area contributed by atoms with Crippen LogP contribution in [0.3, 0.4) is 0 Å². The molecule has 12 rings (SSSR count). The Bertz CT molecular complexity index is 5940. The molecule has 4 heterocycles. The number of allylic oxidation sites excluding steroid dienone is 1. The van der Waals surface area contributed by atoms with Crippen molar-refractivity contribution in [3.8, 4) is 29.6 Å². The van der Waals surface area contributed by atoms with Crippen LogP contribution in [0.25, 0.3) is 43.6 Å². The number of ether oxygens (including phenoxy) is 6. The molecule has 0 unspecified atom stereocenters. The van der Waals surface area contributed by atoms with Crippen LogP contribution in [0.1, 0.15) is 37.5 Å². The molecule has 0 saturated carbocycles. The number of anilines is 10. The number of nitrogens with zero attached hydrogens (tertiary/aromatic N) is 9. The number of carbonyl (C=O) groups excluding carboxylic acids is 3. The highest BCUT2D eigenvalue weighted by Gasteiger charge is 2.22. The molecule has 1 amide bonds. The van der Waals surface area contributed by atoms with E-state index >= 15 is 0 Å². The Balaban J connectivity index is 0.000000185. The van der Waals surface area contributed by atoms with Crippen molar-refractivity contribution in [2.24, 2.45) is 0 Å². The van der Waals surface area contributed by atoms with Crippen molar-refractivity contribution in [1.29, 1.82) is 0 Å². The lowest BCUT2D eigenvalue weighted by molar-refractivity contribution is -0.114. The maximum Gasteiger partial charge on any atom is 0.247 e. The summed E-state index contributed by atoms with van der Waals surface area (Å²) in [7, 11) is 2.41. The molecular formula is C88H86Cl4F4N14O11S. The molecule has 0 bridgehead atoms. The molecule has 8 aromatic carbocycles. The predicted molar refractivity (Wildman–Crippen MR) is 475 cm³/mol. The van der Waals surface area contributed by atoms with Gasteiger partial charge in [-0.2, -0.15) is 0 Å². The standard InChI is InChI=1S/C23H22ClFN2O3.C22H24ClFN6O.C22H19ClFN3O3.C21H21ClFN3O4S/c1-3-17(28)11-15-12-18-21(27-16-5-6-20(25)19(24)13-16)7-8-26-22(18)14-23(15)30-10-9-29-4-2;1-5-21(31)28-19-11-15-18(12-20(19)30(4)9-8-29(2)3)25-13-26-22(15)27-14-6-7-17(24)16(23)10-14;1-3-16(28)9-14-10-17-20(12-21(14)30-8-7-29-4-2)25-13-26-22(17)27-15-5-6-19(24)18(23)11-15;1-3-29-7-8-30-20-11-19-16(9-14(20)12-31(27,28)4-2)21(25-13-24-19)26-15-5-6-18(23)17(22)10-15/h3,5-8,12-14H,1,4,9-11H2,2H3,(H,26,27);5-7,10-13H,1,8-9H2,2-4H3,(H,28,31)(H,25,26,27);1,5-6,10-13H,4,7-9H2,2H3,(H,25,26,27);4-6,9-11,13H,2-3,7-8,12H2,1H3,(H,24,25,26). The monoisotopic (exact) mass is 1760 g/mol. The van der Waals surface area contributed by atoms with Crippen LogP contribution in [0, 0.1) is 35.6 Å². The number of sulfone groups is 1. The summed E-state index contributed by atoms with van der Waals surface area (Å²) in [4.78, 5) is 70.2. The SMILES string of the molecule is C#CC(=O)Cc1cc2c(Nc3ccc(F)c(Cl)c3)ncnc2cc1OCCOCC.C=CC(=O)Cc1cc2c(Nc3ccc(F)c(Cl)c3)ccnc2cc1OCCOCC.C=CC(=O)Nc1cc2c(Nc3ccc(F)c(Cl)c3)ncnc2cc1N(C)CCN(C)C.C=CS(=O)(=O)Cc1cc2c(Nc3ccc(F)c(Cl)c3)ncnc2cc1OCCOCC. The minimum Gasteiger partial charge on any atom is -0.491 e. The van der Waals surface area contributed by atoms with Crippen molar-refractivity contribution in [2.75, 3.05) is 125 Å². The predicted octanol–water partition coefficient (Wildman–Crippen LogP) is 18.7. The van der Waals surface area contributed by atoms with Gasteiger partial charge in [0.2, 0.25) is 11.7 Å². The van der Waals surface area contributed by atoms with Gasteiger partial charge in [-0.25, -0.2) is 55.9 Å². The number of likely N-dealkylation sites (N-methyl/N-ethyl adjacent to an activating group) is 2. The summed E-state index contributed by atoms with van der Waals surface area (Å²) in [6.45, 7) is 21.6. The first-order chi connectivity index (χ1) is 58.6. The second-order valence-corrected chi connectivity index (χ2v) is 30.1. The molecule has 0 aliphatic carbocycles. The van der Waals surface area contributed by atoms with Crippen LogP contribution in [0.4, 0.5) is 74.8 Å². The normalized spacial score (nSPS) is 10.9. The molecule has 636 valence electrons. The zero-order valence-corrected chi connectivity index (χ0v) is 71.1. The van der Waals surface area contributed by atoms with Crippen LogP contribution in [0.5, 0.6) is 17.2 Å². The molecule has 5 N–H and O–H groups in total. The number of hydrogen-bond donors (Lipinski definition) is 5. The summed E-state index contributed by atoms with van der Waals surface area (Å²) < 4.78 is 111. The maximum absolute atomic E-state index is 13.5. The fourth-order valence-electron chi connectivity index (χ4n) is 11.5. The van der Waals surface area contributed by atoms with E-state index in [4.69, 9.17) is 81.2 Å². The highest BCUT2D eigenvalue weighted by atomic mass is 35.5. The zero-order chi connectivity index (χ0) is 88.0. The lowest BCUT2D eigenvalue weighted by Crippen LogP contribution is -2.29. The Morgan fingerprint density at radius 3 is 1.29 bits per heavy atom. The van der Waals surface area contributed by atoms with Crippen molar-refractivity contribution in [1.82, 2.24) is 39.8 Å². The molecule has 25 nitrogen and oxygen atoms in total. The van der Waals surface area contributed by atoms with Crippen LogP contribution in [0.15, 0.2) is 190 Å². The van der Waals surface area contributed by atoms with Gasteiger partial charge in [0.1, 0.15) is 96.8 Å². The van der Waals surface area contributed by atoms with Gasteiger partial charge in [-0.05, 0) is 162 Å². The van der Waals surface area contributed by atoms with Crippen LogP contribution in [0.2, 0.25) is 20.1 Å². The largest absolute Gasteiger partial charge is 0.491 e. The third kappa shape index (κ3) is 27.2. The van der Waals surface area contributed by atoms with Crippen molar-refractivity contribution in [3.05, 3.63) is 250 Å². The Kier molecular flexibility index (Phi) is 35.4. The number of hydrogen-bond acceptors (Lipinski definition) is 24. The number of terminal acetylenes is 1. The number of amides is 1. The number of nitrogens with one attached hydrogen (secondary N) is 5. The van der Waals surface area contributed by atoms with E-state index < -0.39 is 33.1 Å². The average molecular weight is 1770 g/mol. The van der Waals surface area contributed by atoms with E-state index in [0.717, 1.165) is 40.8 Å². The molecule has 0 radical (unpaired) electrons. The van der Waals surface area contributed by atoms with Crippen LogP contribution in [-0.4, -0.2) is 159 Å². The number of pyridine rings is 1. The molecule has 0 spiro atoms. The smallest absolute Gasteiger partial charge is 0.247 e. The number of ketones is 2. The van der Waals surface area contributed by atoms with E-state index in [9.17, 15) is 40.4 Å². The highest BCUT2D eigenvalue weighted by Crippen LogP contribution is 2.39. The van der Waals surface area contributed by atoms with Crippen molar-refractivity contribution < 1.29 is 68.8 Å². The minimum atomic E-state index is -3.55. The Morgan fingerprint density at radius 2 is 0.877 bits per heavy atom. The van der Waals surface area contributed by atoms with Crippen LogP contribution in [-0.2, 0) is 57.0 Å². The fourth-order valence-corrected chi connectivity index (χ4v) is 13.0. The van der Waals surface area contributed by atoms with E-state index in [-0.39, 0.29) is 62.8 Å². The molecule has 0 saturated heterocycles. The van der Waals surface area contributed by atoms with Gasteiger partial charge in [0.05, 0.1) is 79.1 Å². The molecule has 34 heteroatoms. The van der Waals surface area contributed by atoms with Crippen LogP contribution < -0.4 is 45.7 Å². The molecule has 0 fully saturated rings. The summed E-state index contributed by atoms with van der Waals surface area (Å²) in [6.07, 6.45) is 13.8. The third-order valence-electron chi connectivity index (χ3n) is 17.6. The van der Waals surface area contributed by atoms with Gasteiger partial charge in [0.15, 0.2) is 15.6 Å². The lowest BCUT2D eigenvalue weighted by atomic mass is 10.0. The second-order valence-electron chi connectivity index (χ2n) is 26.5. The summed E-state index contributed by atoms with van der Waals surface area (Å²) >= 11 is 23.5. The number of Topliss-reactive ketones (excluding diaryl/α,β-unsaturated/α-hetero) is 1. The van der Waals surface area contributed by atoms with Crippen molar-refractivity contribution in [3.63, 3.8) is 0 Å². The number of carbonyl (C=O) groups is 3. The Hall–Kier alpha value is -12.2. The third-order valence-corrected chi connectivity index (χ3v) is 20.0. The van der Waals surface area contributed by atoms with Crippen LogP contribution >= 0.6 is 46.4 Å². The van der Waals surface area contributed by atoms with E-state index in [1.807, 2.05) is 65.0 Å². The topological polar surface area (TPSA) is 298 Å². The first-order valence-corrected chi connectivity index (χ1v) is 40.9. The van der Waals surface area contributed by atoms with E-state index in [0.29, 0.717) is 165 Å². The summed E-state index contributed by atoms with van der Waals surface area (Å²) in [6, 6.07) is 33.1. The molecule has 12 aromatic rings. The van der Waals surface area contributed by atoms with Gasteiger partial charge in [0, 0.05) is 149 Å². The molecule has 0 atom stereocenters. The molecule has 0 aliphatic heterocycles. The highest BCUT2D eigenvalue weighted by molar-refractivity contribution is 7.93. The quantitative estimate of drug-likeness (QED) is 0.00794. The number of fused-ring (bicyclic) bond motifs is 4. The van der Waals surface area contributed by atoms with E-state index in [1.54, 1.807) is 60.8 Å². The Morgan fingerprint density at radius 1 is 0.475 bits per heavy atom. The molecule has 4 aromatic heterocycles. The molecule has 122 heavy (non-hydrogen) atoms. The fraction of sp³-hybridized carbons (Fsp3) is 0.227. The molecule has 0 aliphatic rings. The summed E-state index contributed by atoms with van der Waals surface area (Å²) in [5.74, 6) is 1.81. The number of rotatable bonds is 37. The number of aromatic nitrogens is 7.